The summed E-state index contributed by atoms with van der Waals surface area (Å²) in [6.45, 7) is 0. The van der Waals surface area contributed by atoms with E-state index in [1.165, 1.54) is 0 Å². The third-order valence-electron chi connectivity index (χ3n) is 1.52. The van der Waals surface area contributed by atoms with Gasteiger partial charge in [-0.3, -0.25) is 14.9 Å². The fraction of sp³-hybridized carbons (Fsp3) is 0. The Morgan fingerprint density at radius 2 is 2.00 bits per heavy atom. The van der Waals surface area contributed by atoms with E-state index in [1.54, 1.807) is 0 Å². The van der Waals surface area contributed by atoms with Crippen LogP contribution in [0.15, 0.2) is 12.1 Å². The average molecular weight is 202 g/mol. The van der Waals surface area contributed by atoms with Gasteiger partial charge in [0, 0.05) is 0 Å². The van der Waals surface area contributed by atoms with Crippen molar-refractivity contribution in [3.05, 3.63) is 39.4 Å². The number of carbonyl (C=O) groups excluding carboxylic acids is 1. The molecule has 0 radical (unpaired) electrons. The summed E-state index contributed by atoms with van der Waals surface area (Å²) in [5.74, 6) is -4.27. The van der Waals surface area contributed by atoms with Gasteiger partial charge in [-0.15, -0.1) is 0 Å². The molecule has 74 valence electrons. The highest BCUT2D eigenvalue weighted by Crippen LogP contribution is 2.24. The van der Waals surface area contributed by atoms with Gasteiger partial charge in [-0.05, 0) is 12.1 Å². The van der Waals surface area contributed by atoms with Crippen LogP contribution in [-0.2, 0) is 0 Å². The maximum absolute atomic E-state index is 12.8. The second-order valence-electron chi connectivity index (χ2n) is 2.38. The molecule has 0 aliphatic heterocycles. The Balaban J connectivity index is 3.53. The number of nitro benzene ring substituents is 1. The minimum absolute atomic E-state index is 0.600. The summed E-state index contributed by atoms with van der Waals surface area (Å²) < 4.78 is 25.4. The molecule has 14 heavy (non-hydrogen) atoms. The summed E-state index contributed by atoms with van der Waals surface area (Å²) in [6, 6.07) is 1.36. The first kappa shape index (κ1) is 10.0. The zero-order chi connectivity index (χ0) is 10.9. The van der Waals surface area contributed by atoms with Gasteiger partial charge in [0.15, 0.2) is 5.82 Å². The average Bonchev–Trinajstić information content (AvgIpc) is 2.08. The molecule has 0 fully saturated rings. The van der Waals surface area contributed by atoms with E-state index in [0.29, 0.717) is 6.07 Å². The van der Waals surface area contributed by atoms with Crippen molar-refractivity contribution in [3.63, 3.8) is 0 Å². The van der Waals surface area contributed by atoms with Gasteiger partial charge in [0.25, 0.3) is 5.91 Å². The molecule has 0 aromatic heterocycles. The molecule has 1 amide bonds. The molecule has 0 heterocycles. The summed E-state index contributed by atoms with van der Waals surface area (Å²) >= 11 is 0. The molecule has 0 saturated carbocycles. The number of nitro groups is 1. The molecule has 0 aliphatic rings. The standard InChI is InChI=1S/C7H4F2N2O3/c8-4-2-1-3(7(10)12)6(5(4)9)11(13)14/h1-2H,(H2,10,12). The quantitative estimate of drug-likeness (QED) is 0.572. The van der Waals surface area contributed by atoms with Gasteiger partial charge in [-0.2, -0.15) is 4.39 Å². The van der Waals surface area contributed by atoms with Gasteiger partial charge < -0.3 is 5.73 Å². The van der Waals surface area contributed by atoms with Crippen molar-refractivity contribution in [3.8, 4) is 0 Å². The first-order valence-electron chi connectivity index (χ1n) is 3.37. The highest BCUT2D eigenvalue weighted by Gasteiger charge is 2.26. The number of hydrogen-bond donors (Lipinski definition) is 1. The fourth-order valence-corrected chi connectivity index (χ4v) is 0.917. The third kappa shape index (κ3) is 1.51. The highest BCUT2D eigenvalue weighted by atomic mass is 19.2. The predicted octanol–water partition coefficient (Wildman–Crippen LogP) is 0.972. The first-order valence-corrected chi connectivity index (χ1v) is 3.37. The van der Waals surface area contributed by atoms with Crippen LogP contribution in [0.5, 0.6) is 0 Å². The van der Waals surface area contributed by atoms with Crippen LogP contribution in [0.2, 0.25) is 0 Å². The molecule has 2 N–H and O–H groups in total. The van der Waals surface area contributed by atoms with Gasteiger partial charge >= 0.3 is 5.69 Å². The zero-order valence-electron chi connectivity index (χ0n) is 6.66. The Hall–Kier alpha value is -2.05. The van der Waals surface area contributed by atoms with Gasteiger partial charge in [-0.1, -0.05) is 0 Å². The number of halogens is 2. The highest BCUT2D eigenvalue weighted by molar-refractivity contribution is 5.96. The lowest BCUT2D eigenvalue weighted by atomic mass is 10.1. The van der Waals surface area contributed by atoms with Crippen LogP contribution < -0.4 is 5.73 Å². The molecule has 7 heteroatoms. The van der Waals surface area contributed by atoms with Crippen molar-refractivity contribution in [2.24, 2.45) is 5.73 Å². The number of benzene rings is 1. The molecule has 0 unspecified atom stereocenters. The summed E-state index contributed by atoms with van der Waals surface area (Å²) in [5.41, 5.74) is 2.84. The number of hydrogen-bond acceptors (Lipinski definition) is 3. The Kier molecular flexibility index (Phi) is 2.41. The summed E-state index contributed by atoms with van der Waals surface area (Å²) in [5, 5.41) is 10.3. The molecule has 0 spiro atoms. The van der Waals surface area contributed by atoms with E-state index in [9.17, 15) is 23.7 Å². The molecular weight excluding hydrogens is 198 g/mol. The van der Waals surface area contributed by atoms with Crippen LogP contribution in [0, 0.1) is 21.7 Å². The molecule has 1 aromatic carbocycles. The second kappa shape index (κ2) is 3.36. The van der Waals surface area contributed by atoms with Crippen molar-refractivity contribution in [2.45, 2.75) is 0 Å². The molecule has 0 atom stereocenters. The van der Waals surface area contributed by atoms with Crippen LogP contribution in [0.1, 0.15) is 10.4 Å². The van der Waals surface area contributed by atoms with E-state index in [2.05, 4.69) is 0 Å². The molecule has 0 bridgehead atoms. The van der Waals surface area contributed by atoms with E-state index in [-0.39, 0.29) is 0 Å². The fourth-order valence-electron chi connectivity index (χ4n) is 0.917. The van der Waals surface area contributed by atoms with Crippen LogP contribution >= 0.6 is 0 Å². The van der Waals surface area contributed by atoms with Crippen LogP contribution in [-0.4, -0.2) is 10.8 Å². The molecule has 0 aliphatic carbocycles. The molecule has 1 rings (SSSR count). The maximum atomic E-state index is 12.8. The van der Waals surface area contributed by atoms with Gasteiger partial charge in [0.1, 0.15) is 5.56 Å². The van der Waals surface area contributed by atoms with Crippen LogP contribution in [0.3, 0.4) is 0 Å². The van der Waals surface area contributed by atoms with Gasteiger partial charge in [0.05, 0.1) is 4.92 Å². The Morgan fingerprint density at radius 3 is 2.43 bits per heavy atom. The smallest absolute Gasteiger partial charge is 0.320 e. The van der Waals surface area contributed by atoms with Crippen LogP contribution in [0.25, 0.3) is 0 Å². The summed E-state index contributed by atoms with van der Waals surface area (Å²) in [7, 11) is 0. The van der Waals surface area contributed by atoms with E-state index >= 15 is 0 Å². The number of rotatable bonds is 2. The number of amides is 1. The normalized spacial score (nSPS) is 9.86. The molecule has 5 nitrogen and oxygen atoms in total. The second-order valence-corrected chi connectivity index (χ2v) is 2.38. The molecule has 0 saturated heterocycles. The minimum atomic E-state index is -1.69. The predicted molar refractivity (Wildman–Crippen MR) is 41.5 cm³/mol. The Bertz CT molecular complexity index is 420. The number of nitrogens with zero attached hydrogens (tertiary/aromatic N) is 1. The molecule has 1 aromatic rings. The number of carbonyl (C=O) groups is 1. The lowest BCUT2D eigenvalue weighted by molar-refractivity contribution is -0.388. The Labute approximate surface area is 76.3 Å². The summed E-state index contributed by atoms with van der Waals surface area (Å²) in [6.07, 6.45) is 0. The van der Waals surface area contributed by atoms with Crippen LogP contribution in [0.4, 0.5) is 14.5 Å². The maximum Gasteiger partial charge on any atom is 0.320 e. The SMILES string of the molecule is NC(=O)c1ccc(F)c(F)c1[N+](=O)[O-]. The van der Waals surface area contributed by atoms with Crippen molar-refractivity contribution >= 4 is 11.6 Å². The number of primary amides is 1. The number of nitrogens with two attached hydrogens (primary N) is 1. The van der Waals surface area contributed by atoms with E-state index in [1.807, 2.05) is 0 Å². The van der Waals surface area contributed by atoms with E-state index in [0.717, 1.165) is 6.07 Å². The van der Waals surface area contributed by atoms with Crippen molar-refractivity contribution in [1.82, 2.24) is 0 Å². The monoisotopic (exact) mass is 202 g/mol. The van der Waals surface area contributed by atoms with E-state index in [4.69, 9.17) is 5.73 Å². The van der Waals surface area contributed by atoms with Crippen molar-refractivity contribution in [2.75, 3.05) is 0 Å². The minimum Gasteiger partial charge on any atom is -0.365 e. The van der Waals surface area contributed by atoms with Crippen molar-refractivity contribution < 1.29 is 18.5 Å². The third-order valence-corrected chi connectivity index (χ3v) is 1.52. The Morgan fingerprint density at radius 1 is 1.43 bits per heavy atom. The lowest BCUT2D eigenvalue weighted by Gasteiger charge is -1.99. The summed E-state index contributed by atoms with van der Waals surface area (Å²) in [4.78, 5) is 19.7. The van der Waals surface area contributed by atoms with E-state index < -0.39 is 33.7 Å². The molecular formula is C7H4F2N2O3. The lowest BCUT2D eigenvalue weighted by Crippen LogP contribution is -2.14. The van der Waals surface area contributed by atoms with Gasteiger partial charge in [-0.25, -0.2) is 4.39 Å². The zero-order valence-corrected chi connectivity index (χ0v) is 6.66. The van der Waals surface area contributed by atoms with Crippen molar-refractivity contribution in [1.29, 1.82) is 0 Å². The first-order chi connectivity index (χ1) is 6.45. The van der Waals surface area contributed by atoms with Gasteiger partial charge in [0.2, 0.25) is 5.82 Å². The topological polar surface area (TPSA) is 86.2 Å². The largest absolute Gasteiger partial charge is 0.365 e.